The summed E-state index contributed by atoms with van der Waals surface area (Å²) in [5, 5.41) is 0.895. The van der Waals surface area contributed by atoms with Crippen LogP contribution in [0.5, 0.6) is 11.5 Å². The first-order valence-corrected chi connectivity index (χ1v) is 7.32. The summed E-state index contributed by atoms with van der Waals surface area (Å²) in [5.74, 6) is 1.42. The van der Waals surface area contributed by atoms with E-state index >= 15 is 0 Å². The smallest absolute Gasteiger partial charge is 0.163 e. The number of ether oxygens (including phenoxy) is 3. The second-order valence-corrected chi connectivity index (χ2v) is 4.94. The highest BCUT2D eigenvalue weighted by Gasteiger charge is 2.19. The molecule has 0 bridgehead atoms. The fourth-order valence-electron chi connectivity index (χ4n) is 2.64. The summed E-state index contributed by atoms with van der Waals surface area (Å²) in [6, 6.07) is 3.83. The molecule has 0 saturated heterocycles. The summed E-state index contributed by atoms with van der Waals surface area (Å²) in [4.78, 5) is 4.73. The highest BCUT2D eigenvalue weighted by molar-refractivity contribution is 5.94. The zero-order chi connectivity index (χ0) is 14.8. The molecule has 1 aliphatic rings. The number of hydrogen-bond donors (Lipinski definition) is 1. The topological polar surface area (TPSA) is 66.6 Å². The van der Waals surface area contributed by atoms with Gasteiger partial charge in [0.1, 0.15) is 0 Å². The number of nitrogens with zero attached hydrogens (tertiary/aromatic N) is 1. The minimum Gasteiger partial charge on any atom is -0.490 e. The Morgan fingerprint density at radius 3 is 2.62 bits per heavy atom. The van der Waals surface area contributed by atoms with Gasteiger partial charge < -0.3 is 19.9 Å². The zero-order valence-corrected chi connectivity index (χ0v) is 12.4. The summed E-state index contributed by atoms with van der Waals surface area (Å²) < 4.78 is 16.8. The maximum Gasteiger partial charge on any atom is 0.163 e. The molecule has 2 heterocycles. The molecule has 5 heteroatoms. The average Bonchev–Trinajstić information content (AvgIpc) is 2.49. The van der Waals surface area contributed by atoms with Crippen molar-refractivity contribution in [3.8, 4) is 11.5 Å². The summed E-state index contributed by atoms with van der Waals surface area (Å²) in [5.41, 5.74) is 9.92. The molecule has 112 valence electrons. The van der Waals surface area contributed by atoms with Crippen molar-refractivity contribution >= 4 is 16.6 Å². The Kier molecular flexibility index (Phi) is 3.84. The van der Waals surface area contributed by atoms with E-state index in [1.807, 2.05) is 26.0 Å². The molecule has 1 aromatic heterocycles. The third kappa shape index (κ3) is 2.49. The number of fused-ring (bicyclic) bond motifs is 2. The SMILES string of the molecule is CCOc1cc2nc3c(c(N)c2cc1OCC)COCC3. The molecule has 5 nitrogen and oxygen atoms in total. The molecule has 0 fully saturated rings. The highest BCUT2D eigenvalue weighted by atomic mass is 16.5. The standard InChI is InChI=1S/C16H20N2O3/c1-3-20-14-7-10-13(8-15(14)21-4-2)18-12-5-6-19-9-11(12)16(10)17/h7-8H,3-6,9H2,1-2H3,(H2,17,18). The second kappa shape index (κ2) is 5.77. The fraction of sp³-hybridized carbons (Fsp3) is 0.438. The Hall–Kier alpha value is -2.01. The lowest BCUT2D eigenvalue weighted by molar-refractivity contribution is 0.110. The Bertz CT molecular complexity index is 670. The third-order valence-electron chi connectivity index (χ3n) is 3.61. The van der Waals surface area contributed by atoms with Gasteiger partial charge in [0, 0.05) is 29.1 Å². The van der Waals surface area contributed by atoms with Crippen molar-refractivity contribution in [2.45, 2.75) is 26.9 Å². The minimum absolute atomic E-state index is 0.529. The predicted molar refractivity (Wildman–Crippen MR) is 81.9 cm³/mol. The quantitative estimate of drug-likeness (QED) is 0.937. The van der Waals surface area contributed by atoms with Crippen molar-refractivity contribution in [2.24, 2.45) is 0 Å². The highest BCUT2D eigenvalue weighted by Crippen LogP contribution is 2.37. The number of nitrogen functional groups attached to an aromatic ring is 1. The van der Waals surface area contributed by atoms with Crippen molar-refractivity contribution in [3.05, 3.63) is 23.4 Å². The summed E-state index contributed by atoms with van der Waals surface area (Å²) in [6.45, 7) is 6.28. The maximum absolute atomic E-state index is 6.31. The summed E-state index contributed by atoms with van der Waals surface area (Å²) in [6.07, 6.45) is 0.798. The van der Waals surface area contributed by atoms with Gasteiger partial charge in [-0.25, -0.2) is 0 Å². The number of rotatable bonds is 4. The molecule has 2 N–H and O–H groups in total. The van der Waals surface area contributed by atoms with Crippen molar-refractivity contribution < 1.29 is 14.2 Å². The predicted octanol–water partition coefficient (Wildman–Crippen LogP) is 2.69. The number of anilines is 1. The molecule has 1 aliphatic heterocycles. The minimum atomic E-state index is 0.529. The molecule has 21 heavy (non-hydrogen) atoms. The van der Waals surface area contributed by atoms with Gasteiger partial charge in [-0.3, -0.25) is 4.98 Å². The van der Waals surface area contributed by atoms with Gasteiger partial charge in [0.15, 0.2) is 11.5 Å². The van der Waals surface area contributed by atoms with Gasteiger partial charge in [0.25, 0.3) is 0 Å². The van der Waals surface area contributed by atoms with Crippen LogP contribution < -0.4 is 15.2 Å². The second-order valence-electron chi connectivity index (χ2n) is 4.94. The van der Waals surface area contributed by atoms with E-state index in [9.17, 15) is 0 Å². The average molecular weight is 288 g/mol. The van der Waals surface area contributed by atoms with E-state index in [-0.39, 0.29) is 0 Å². The normalized spacial score (nSPS) is 14.0. The summed E-state index contributed by atoms with van der Waals surface area (Å²) in [7, 11) is 0. The van der Waals surface area contributed by atoms with Crippen LogP contribution in [0.1, 0.15) is 25.1 Å². The number of hydrogen-bond acceptors (Lipinski definition) is 5. The van der Waals surface area contributed by atoms with Crippen LogP contribution in [-0.2, 0) is 17.8 Å². The van der Waals surface area contributed by atoms with Crippen LogP contribution in [0.4, 0.5) is 5.69 Å². The Morgan fingerprint density at radius 1 is 1.19 bits per heavy atom. The molecule has 0 atom stereocenters. The van der Waals surface area contributed by atoms with Gasteiger partial charge in [0.05, 0.1) is 37.6 Å². The molecule has 0 spiro atoms. The Balaban J connectivity index is 2.20. The van der Waals surface area contributed by atoms with Gasteiger partial charge in [-0.15, -0.1) is 0 Å². The van der Waals surface area contributed by atoms with Crippen molar-refractivity contribution in [2.75, 3.05) is 25.6 Å². The first-order valence-electron chi connectivity index (χ1n) is 7.32. The Morgan fingerprint density at radius 2 is 1.90 bits per heavy atom. The van der Waals surface area contributed by atoms with Crippen molar-refractivity contribution in [1.29, 1.82) is 0 Å². The van der Waals surface area contributed by atoms with Crippen molar-refractivity contribution in [3.63, 3.8) is 0 Å². The van der Waals surface area contributed by atoms with Crippen LogP contribution in [0.15, 0.2) is 12.1 Å². The van der Waals surface area contributed by atoms with Crippen molar-refractivity contribution in [1.82, 2.24) is 4.98 Å². The number of pyridine rings is 1. The lowest BCUT2D eigenvalue weighted by Crippen LogP contribution is -2.14. The van der Waals surface area contributed by atoms with E-state index in [1.165, 1.54) is 0 Å². The van der Waals surface area contributed by atoms with Crippen LogP contribution >= 0.6 is 0 Å². The molecule has 0 radical (unpaired) electrons. The summed E-state index contributed by atoms with van der Waals surface area (Å²) >= 11 is 0. The molecular weight excluding hydrogens is 268 g/mol. The van der Waals surface area contributed by atoms with Crippen LogP contribution in [-0.4, -0.2) is 24.8 Å². The monoisotopic (exact) mass is 288 g/mol. The molecule has 3 rings (SSSR count). The third-order valence-corrected chi connectivity index (χ3v) is 3.61. The van der Waals surface area contributed by atoms with Crippen LogP contribution in [0.3, 0.4) is 0 Å². The first kappa shape index (κ1) is 13.9. The number of aromatic nitrogens is 1. The number of nitrogens with two attached hydrogens (primary N) is 1. The van der Waals surface area contributed by atoms with E-state index in [2.05, 4.69) is 0 Å². The van der Waals surface area contributed by atoms with Gasteiger partial charge in [-0.05, 0) is 19.9 Å². The molecule has 2 aromatic rings. The molecule has 0 amide bonds. The van der Waals surface area contributed by atoms with Crippen LogP contribution in [0.2, 0.25) is 0 Å². The maximum atomic E-state index is 6.31. The van der Waals surface area contributed by atoms with Crippen LogP contribution in [0, 0.1) is 0 Å². The van der Waals surface area contributed by atoms with Gasteiger partial charge >= 0.3 is 0 Å². The van der Waals surface area contributed by atoms with E-state index in [0.717, 1.165) is 34.3 Å². The van der Waals surface area contributed by atoms with Crippen LogP contribution in [0.25, 0.3) is 10.9 Å². The van der Waals surface area contributed by atoms with E-state index in [1.54, 1.807) is 0 Å². The molecule has 0 unspecified atom stereocenters. The zero-order valence-electron chi connectivity index (χ0n) is 12.4. The first-order chi connectivity index (χ1) is 10.2. The molecule has 1 aromatic carbocycles. The lowest BCUT2D eigenvalue weighted by Gasteiger charge is -2.20. The van der Waals surface area contributed by atoms with Gasteiger partial charge in [0.2, 0.25) is 0 Å². The van der Waals surface area contributed by atoms with E-state index in [0.29, 0.717) is 37.9 Å². The fourth-order valence-corrected chi connectivity index (χ4v) is 2.64. The van der Waals surface area contributed by atoms with Gasteiger partial charge in [-0.1, -0.05) is 0 Å². The number of benzene rings is 1. The van der Waals surface area contributed by atoms with E-state index < -0.39 is 0 Å². The molecule has 0 saturated carbocycles. The largest absolute Gasteiger partial charge is 0.490 e. The molecule has 0 aliphatic carbocycles. The Labute approximate surface area is 124 Å². The van der Waals surface area contributed by atoms with E-state index in [4.69, 9.17) is 24.9 Å². The van der Waals surface area contributed by atoms with Gasteiger partial charge in [-0.2, -0.15) is 0 Å². The molecular formula is C16H20N2O3. The lowest BCUT2D eigenvalue weighted by atomic mass is 10.0.